The Hall–Kier alpha value is -0.530. The number of carbonyl (C=O) groups is 1. The monoisotopic (exact) mass is 424 g/mol. The Balaban J connectivity index is 4.24. The SMILES string of the molecule is CCCCCCCCCCC(CC(CCCCCC)CCCCCCCC)C(=O)O. The summed E-state index contributed by atoms with van der Waals surface area (Å²) in [5.74, 6) is -0.0241. The van der Waals surface area contributed by atoms with Crippen molar-refractivity contribution < 1.29 is 9.90 Å². The molecule has 0 aliphatic rings. The van der Waals surface area contributed by atoms with Crippen LogP contribution >= 0.6 is 0 Å². The van der Waals surface area contributed by atoms with E-state index < -0.39 is 5.97 Å². The van der Waals surface area contributed by atoms with Crippen molar-refractivity contribution in [3.63, 3.8) is 0 Å². The van der Waals surface area contributed by atoms with Gasteiger partial charge in [-0.1, -0.05) is 149 Å². The minimum atomic E-state index is -0.542. The predicted molar refractivity (Wildman–Crippen MR) is 133 cm³/mol. The zero-order valence-corrected chi connectivity index (χ0v) is 21.1. The maximum Gasteiger partial charge on any atom is 0.306 e. The van der Waals surface area contributed by atoms with E-state index in [4.69, 9.17) is 0 Å². The van der Waals surface area contributed by atoms with Gasteiger partial charge in [-0.15, -0.1) is 0 Å². The molecule has 0 aromatic rings. The van der Waals surface area contributed by atoms with Crippen LogP contribution in [0.1, 0.15) is 162 Å². The van der Waals surface area contributed by atoms with Gasteiger partial charge in [0.05, 0.1) is 5.92 Å². The van der Waals surface area contributed by atoms with Gasteiger partial charge < -0.3 is 5.11 Å². The van der Waals surface area contributed by atoms with Crippen molar-refractivity contribution in [3.8, 4) is 0 Å². The van der Waals surface area contributed by atoms with Gasteiger partial charge in [0.25, 0.3) is 0 Å². The van der Waals surface area contributed by atoms with Crippen LogP contribution in [0.5, 0.6) is 0 Å². The van der Waals surface area contributed by atoms with Gasteiger partial charge in [-0.2, -0.15) is 0 Å². The van der Waals surface area contributed by atoms with Gasteiger partial charge in [0.1, 0.15) is 0 Å². The molecule has 2 unspecified atom stereocenters. The molecule has 0 saturated heterocycles. The van der Waals surface area contributed by atoms with Crippen LogP contribution in [0.2, 0.25) is 0 Å². The Kier molecular flexibility index (Phi) is 22.7. The molecule has 0 amide bonds. The number of hydrogen-bond acceptors (Lipinski definition) is 1. The summed E-state index contributed by atoms with van der Waals surface area (Å²) in [6.07, 6.45) is 27.9. The molecule has 0 aliphatic heterocycles. The van der Waals surface area contributed by atoms with Crippen molar-refractivity contribution in [1.29, 1.82) is 0 Å². The molecule has 0 aromatic carbocycles. The zero-order chi connectivity index (χ0) is 22.3. The number of unbranched alkanes of at least 4 members (excludes halogenated alkanes) is 15. The second-order valence-electron chi connectivity index (χ2n) is 9.81. The van der Waals surface area contributed by atoms with Crippen molar-refractivity contribution >= 4 is 5.97 Å². The first-order chi connectivity index (χ1) is 14.7. The highest BCUT2D eigenvalue weighted by atomic mass is 16.4. The molecule has 0 spiro atoms. The summed E-state index contributed by atoms with van der Waals surface area (Å²) in [6.45, 7) is 6.79. The van der Waals surface area contributed by atoms with Crippen LogP contribution < -0.4 is 0 Å². The van der Waals surface area contributed by atoms with Crippen LogP contribution in [0, 0.1) is 11.8 Å². The second kappa shape index (κ2) is 23.1. The van der Waals surface area contributed by atoms with E-state index >= 15 is 0 Å². The van der Waals surface area contributed by atoms with Gasteiger partial charge in [-0.3, -0.25) is 4.79 Å². The molecular formula is C28H56O2. The fourth-order valence-corrected chi connectivity index (χ4v) is 4.72. The van der Waals surface area contributed by atoms with Crippen molar-refractivity contribution in [3.05, 3.63) is 0 Å². The average Bonchev–Trinajstić information content (AvgIpc) is 2.73. The van der Waals surface area contributed by atoms with Crippen molar-refractivity contribution in [2.24, 2.45) is 11.8 Å². The van der Waals surface area contributed by atoms with Crippen LogP contribution in [0.25, 0.3) is 0 Å². The van der Waals surface area contributed by atoms with Crippen molar-refractivity contribution in [2.45, 2.75) is 162 Å². The number of aliphatic carboxylic acids is 1. The summed E-state index contributed by atoms with van der Waals surface area (Å²) in [6, 6.07) is 0. The summed E-state index contributed by atoms with van der Waals surface area (Å²) in [4.78, 5) is 11.9. The molecule has 0 fully saturated rings. The van der Waals surface area contributed by atoms with E-state index in [9.17, 15) is 9.90 Å². The van der Waals surface area contributed by atoms with Gasteiger partial charge in [0, 0.05) is 0 Å². The van der Waals surface area contributed by atoms with Crippen molar-refractivity contribution in [2.75, 3.05) is 0 Å². The molecule has 180 valence electrons. The van der Waals surface area contributed by atoms with Gasteiger partial charge in [-0.05, 0) is 18.8 Å². The lowest BCUT2D eigenvalue weighted by molar-refractivity contribution is -0.142. The van der Waals surface area contributed by atoms with Gasteiger partial charge in [0.2, 0.25) is 0 Å². The number of carboxylic acids is 1. The third-order valence-corrected chi connectivity index (χ3v) is 6.81. The topological polar surface area (TPSA) is 37.3 Å². The minimum absolute atomic E-state index is 0.110. The first kappa shape index (κ1) is 29.5. The number of hydrogen-bond donors (Lipinski definition) is 1. The normalized spacial score (nSPS) is 13.4. The molecule has 0 radical (unpaired) electrons. The lowest BCUT2D eigenvalue weighted by Gasteiger charge is -2.21. The summed E-state index contributed by atoms with van der Waals surface area (Å²) in [5.41, 5.74) is 0. The van der Waals surface area contributed by atoms with Crippen molar-refractivity contribution in [1.82, 2.24) is 0 Å². The smallest absolute Gasteiger partial charge is 0.306 e. The van der Waals surface area contributed by atoms with Crippen LogP contribution in [0.3, 0.4) is 0 Å². The second-order valence-corrected chi connectivity index (χ2v) is 9.81. The fourth-order valence-electron chi connectivity index (χ4n) is 4.72. The summed E-state index contributed by atoms with van der Waals surface area (Å²) < 4.78 is 0. The molecule has 0 aromatic heterocycles. The highest BCUT2D eigenvalue weighted by Crippen LogP contribution is 2.28. The molecule has 0 heterocycles. The van der Waals surface area contributed by atoms with Crippen LogP contribution in [-0.4, -0.2) is 11.1 Å². The highest BCUT2D eigenvalue weighted by Gasteiger charge is 2.22. The molecule has 0 aliphatic carbocycles. The van der Waals surface area contributed by atoms with E-state index in [1.54, 1.807) is 0 Å². The maximum atomic E-state index is 11.9. The van der Waals surface area contributed by atoms with E-state index in [1.807, 2.05) is 0 Å². The molecule has 2 nitrogen and oxygen atoms in total. The van der Waals surface area contributed by atoms with Crippen LogP contribution in [-0.2, 0) is 4.79 Å². The first-order valence-corrected chi connectivity index (χ1v) is 13.9. The zero-order valence-electron chi connectivity index (χ0n) is 21.1. The number of rotatable bonds is 24. The Labute approximate surface area is 190 Å². The standard InChI is InChI=1S/C28H56O2/c1-4-7-10-13-15-16-18-21-24-27(28(29)30)25-26(22-19-12-9-6-3)23-20-17-14-11-8-5-2/h26-27H,4-25H2,1-3H3,(H,29,30). The third kappa shape index (κ3) is 19.4. The van der Waals surface area contributed by atoms with E-state index in [0.717, 1.165) is 19.3 Å². The maximum absolute atomic E-state index is 11.9. The Morgan fingerprint density at radius 2 is 0.867 bits per heavy atom. The molecule has 2 heteroatoms. The largest absolute Gasteiger partial charge is 0.481 e. The molecule has 2 atom stereocenters. The van der Waals surface area contributed by atoms with Gasteiger partial charge in [0.15, 0.2) is 0 Å². The van der Waals surface area contributed by atoms with Gasteiger partial charge >= 0.3 is 5.97 Å². The molecule has 30 heavy (non-hydrogen) atoms. The van der Waals surface area contributed by atoms with Gasteiger partial charge in [-0.25, -0.2) is 0 Å². The van der Waals surface area contributed by atoms with E-state index in [0.29, 0.717) is 5.92 Å². The quantitative estimate of drug-likeness (QED) is 0.156. The summed E-state index contributed by atoms with van der Waals surface area (Å²) >= 11 is 0. The Morgan fingerprint density at radius 1 is 0.533 bits per heavy atom. The number of carboxylic acid groups (broad SMARTS) is 1. The molecule has 0 saturated carbocycles. The average molecular weight is 425 g/mol. The van der Waals surface area contributed by atoms with E-state index in [1.165, 1.54) is 122 Å². The summed E-state index contributed by atoms with van der Waals surface area (Å²) in [5, 5.41) is 9.80. The van der Waals surface area contributed by atoms with Crippen LogP contribution in [0.15, 0.2) is 0 Å². The minimum Gasteiger partial charge on any atom is -0.481 e. The van der Waals surface area contributed by atoms with E-state index in [2.05, 4.69) is 20.8 Å². The molecule has 1 N–H and O–H groups in total. The summed E-state index contributed by atoms with van der Waals surface area (Å²) in [7, 11) is 0. The van der Waals surface area contributed by atoms with Crippen LogP contribution in [0.4, 0.5) is 0 Å². The molecule has 0 rings (SSSR count). The Bertz CT molecular complexity index is 353. The lowest BCUT2D eigenvalue weighted by atomic mass is 9.84. The predicted octanol–water partition coefficient (Wildman–Crippen LogP) is 9.95. The Morgan fingerprint density at radius 3 is 1.27 bits per heavy atom. The molecule has 0 bridgehead atoms. The van der Waals surface area contributed by atoms with E-state index in [-0.39, 0.29) is 5.92 Å². The first-order valence-electron chi connectivity index (χ1n) is 13.9. The third-order valence-electron chi connectivity index (χ3n) is 6.81. The molecular weight excluding hydrogens is 368 g/mol. The fraction of sp³-hybridized carbons (Fsp3) is 0.964. The highest BCUT2D eigenvalue weighted by molar-refractivity contribution is 5.69. The lowest BCUT2D eigenvalue weighted by Crippen LogP contribution is -2.18.